The lowest BCUT2D eigenvalue weighted by Gasteiger charge is -2.38. The highest BCUT2D eigenvalue weighted by molar-refractivity contribution is 5.63. The number of ether oxygens (including phenoxy) is 1. The fraction of sp³-hybridized carbons (Fsp3) is 0.636. The van der Waals surface area contributed by atoms with Crippen molar-refractivity contribution < 1.29 is 9.84 Å². The molecule has 18 heavy (non-hydrogen) atoms. The third-order valence-electron chi connectivity index (χ3n) is 3.11. The van der Waals surface area contributed by atoms with Crippen LogP contribution in [0.3, 0.4) is 0 Å². The molecule has 7 heteroatoms. The number of hydrazine groups is 1. The van der Waals surface area contributed by atoms with Crippen molar-refractivity contribution in [2.75, 3.05) is 17.9 Å². The summed E-state index contributed by atoms with van der Waals surface area (Å²) in [5, 5.41) is 13.2. The summed E-state index contributed by atoms with van der Waals surface area (Å²) in [4.78, 5) is 8.05. The zero-order valence-electron chi connectivity index (χ0n) is 11.4. The van der Waals surface area contributed by atoms with Gasteiger partial charge in [-0.1, -0.05) is 0 Å². The van der Waals surface area contributed by atoms with E-state index >= 15 is 0 Å². The van der Waals surface area contributed by atoms with Crippen LogP contribution in [0.1, 0.15) is 27.7 Å². The number of nitrogens with two attached hydrogens (primary N) is 1. The first-order chi connectivity index (χ1) is 8.23. The molecule has 1 aromatic rings. The van der Waals surface area contributed by atoms with Gasteiger partial charge in [0.2, 0.25) is 5.75 Å². The maximum Gasteiger partial charge on any atom is 0.205 e. The molecule has 1 aromatic heterocycles. The zero-order valence-corrected chi connectivity index (χ0v) is 11.4. The number of nitrogens with zero attached hydrogens (tertiary/aromatic N) is 2. The van der Waals surface area contributed by atoms with Crippen molar-refractivity contribution >= 4 is 11.6 Å². The molecule has 0 aliphatic rings. The van der Waals surface area contributed by atoms with Gasteiger partial charge in [0, 0.05) is 0 Å². The first kappa shape index (κ1) is 14.5. The summed E-state index contributed by atoms with van der Waals surface area (Å²) in [6, 6.07) is 0. The Morgan fingerprint density at radius 1 is 1.22 bits per heavy atom. The summed E-state index contributed by atoms with van der Waals surface area (Å²) in [5.74, 6) is 6.59. The molecule has 1 heterocycles. The van der Waals surface area contributed by atoms with E-state index in [0.717, 1.165) is 0 Å². The quantitative estimate of drug-likeness (QED) is 0.454. The minimum atomic E-state index is -0.945. The average Bonchev–Trinajstić information content (AvgIpc) is 2.26. The van der Waals surface area contributed by atoms with E-state index in [1.165, 1.54) is 13.4 Å². The van der Waals surface area contributed by atoms with Crippen LogP contribution in [0.2, 0.25) is 0 Å². The van der Waals surface area contributed by atoms with Gasteiger partial charge in [-0.3, -0.25) is 0 Å². The Morgan fingerprint density at radius 2 is 1.78 bits per heavy atom. The molecule has 0 fully saturated rings. The predicted octanol–water partition coefficient (Wildman–Crippen LogP) is 0.732. The monoisotopic (exact) mass is 255 g/mol. The van der Waals surface area contributed by atoms with E-state index in [2.05, 4.69) is 20.7 Å². The van der Waals surface area contributed by atoms with Crippen molar-refractivity contribution in [1.29, 1.82) is 0 Å². The van der Waals surface area contributed by atoms with E-state index in [0.29, 0.717) is 17.4 Å². The third kappa shape index (κ3) is 2.80. The van der Waals surface area contributed by atoms with E-state index < -0.39 is 11.1 Å². The van der Waals surface area contributed by atoms with Gasteiger partial charge in [-0.2, -0.15) is 0 Å². The molecule has 7 nitrogen and oxygen atoms in total. The third-order valence-corrected chi connectivity index (χ3v) is 3.11. The molecule has 0 bridgehead atoms. The molecule has 102 valence electrons. The number of methoxy groups -OCH3 is 1. The van der Waals surface area contributed by atoms with Gasteiger partial charge in [0.1, 0.15) is 6.33 Å². The SMILES string of the molecule is COc1c(NN)ncnc1NC(C)(C)C(C)(C)O. The summed E-state index contributed by atoms with van der Waals surface area (Å²) in [5.41, 5.74) is 0.877. The molecule has 0 unspecified atom stereocenters. The minimum Gasteiger partial charge on any atom is -0.490 e. The highest BCUT2D eigenvalue weighted by atomic mass is 16.5. The van der Waals surface area contributed by atoms with Crippen molar-refractivity contribution in [2.45, 2.75) is 38.8 Å². The van der Waals surface area contributed by atoms with Crippen molar-refractivity contribution in [2.24, 2.45) is 5.84 Å². The lowest BCUT2D eigenvalue weighted by Crippen LogP contribution is -2.51. The molecule has 5 N–H and O–H groups in total. The van der Waals surface area contributed by atoms with Gasteiger partial charge in [-0.25, -0.2) is 15.8 Å². The van der Waals surface area contributed by atoms with E-state index in [4.69, 9.17) is 10.6 Å². The lowest BCUT2D eigenvalue weighted by molar-refractivity contribution is 0.0238. The summed E-state index contributed by atoms with van der Waals surface area (Å²) in [7, 11) is 1.50. The second-order valence-corrected chi connectivity index (χ2v) is 5.06. The average molecular weight is 255 g/mol. The molecular weight excluding hydrogens is 234 g/mol. The maximum absolute atomic E-state index is 10.1. The van der Waals surface area contributed by atoms with E-state index in [1.807, 2.05) is 13.8 Å². The molecule has 0 saturated heterocycles. The first-order valence-electron chi connectivity index (χ1n) is 5.59. The van der Waals surface area contributed by atoms with Gasteiger partial charge in [0.25, 0.3) is 0 Å². The summed E-state index contributed by atoms with van der Waals surface area (Å²) >= 11 is 0. The van der Waals surface area contributed by atoms with Crippen LogP contribution in [-0.2, 0) is 0 Å². The number of rotatable bonds is 5. The van der Waals surface area contributed by atoms with Gasteiger partial charge >= 0.3 is 0 Å². The van der Waals surface area contributed by atoms with Crippen LogP contribution in [0.4, 0.5) is 11.6 Å². The number of nitrogen functional groups attached to an aromatic ring is 1. The molecule has 0 aromatic carbocycles. The molecule has 0 aliphatic carbocycles. The molecular formula is C11H21N5O2. The predicted molar refractivity (Wildman–Crippen MR) is 70.4 cm³/mol. The summed E-state index contributed by atoms with van der Waals surface area (Å²) in [6.07, 6.45) is 1.36. The fourth-order valence-electron chi connectivity index (χ4n) is 1.21. The Morgan fingerprint density at radius 3 is 2.22 bits per heavy atom. The number of aliphatic hydroxyl groups is 1. The Balaban J connectivity index is 3.12. The van der Waals surface area contributed by atoms with Gasteiger partial charge in [-0.05, 0) is 27.7 Å². The molecule has 0 radical (unpaired) electrons. The van der Waals surface area contributed by atoms with Crippen molar-refractivity contribution in [3.63, 3.8) is 0 Å². The Bertz CT molecular complexity index is 414. The Labute approximate surface area is 107 Å². The fourth-order valence-corrected chi connectivity index (χ4v) is 1.21. The summed E-state index contributed by atoms with van der Waals surface area (Å²) in [6.45, 7) is 7.17. The van der Waals surface area contributed by atoms with Gasteiger partial charge in [0.05, 0.1) is 18.2 Å². The maximum atomic E-state index is 10.1. The van der Waals surface area contributed by atoms with Crippen molar-refractivity contribution in [1.82, 2.24) is 9.97 Å². The molecule has 1 rings (SSSR count). The van der Waals surface area contributed by atoms with Crippen LogP contribution >= 0.6 is 0 Å². The van der Waals surface area contributed by atoms with Gasteiger partial charge < -0.3 is 20.6 Å². The van der Waals surface area contributed by atoms with Crippen molar-refractivity contribution in [3.05, 3.63) is 6.33 Å². The summed E-state index contributed by atoms with van der Waals surface area (Å²) < 4.78 is 5.21. The highest BCUT2D eigenvalue weighted by Crippen LogP contribution is 2.33. The topological polar surface area (TPSA) is 105 Å². The van der Waals surface area contributed by atoms with Crippen molar-refractivity contribution in [3.8, 4) is 5.75 Å². The van der Waals surface area contributed by atoms with E-state index in [1.54, 1.807) is 13.8 Å². The highest BCUT2D eigenvalue weighted by Gasteiger charge is 2.36. The number of aromatic nitrogens is 2. The molecule has 0 atom stereocenters. The zero-order chi connectivity index (χ0) is 14.0. The second kappa shape index (κ2) is 4.95. The van der Waals surface area contributed by atoms with Gasteiger partial charge in [-0.15, -0.1) is 0 Å². The van der Waals surface area contributed by atoms with Crippen LogP contribution in [0.15, 0.2) is 6.33 Å². The number of nitrogens with one attached hydrogen (secondary N) is 2. The largest absolute Gasteiger partial charge is 0.490 e. The Kier molecular flexibility index (Phi) is 3.98. The molecule has 0 saturated carbocycles. The van der Waals surface area contributed by atoms with Crippen LogP contribution < -0.4 is 21.3 Å². The normalized spacial score (nSPS) is 12.2. The van der Waals surface area contributed by atoms with Crippen LogP contribution in [0.5, 0.6) is 5.75 Å². The number of hydrogen-bond acceptors (Lipinski definition) is 7. The van der Waals surface area contributed by atoms with E-state index in [-0.39, 0.29) is 0 Å². The second-order valence-electron chi connectivity index (χ2n) is 5.06. The molecule has 0 spiro atoms. The lowest BCUT2D eigenvalue weighted by atomic mass is 9.86. The van der Waals surface area contributed by atoms with Crippen LogP contribution in [-0.4, -0.2) is 33.3 Å². The van der Waals surface area contributed by atoms with Gasteiger partial charge in [0.15, 0.2) is 11.6 Å². The van der Waals surface area contributed by atoms with Crippen LogP contribution in [0.25, 0.3) is 0 Å². The Hall–Kier alpha value is -1.60. The number of hydrogen-bond donors (Lipinski definition) is 4. The smallest absolute Gasteiger partial charge is 0.205 e. The standard InChI is InChI=1S/C11H21N5O2/c1-10(2,11(3,4)17)15-8-7(18-5)9(16-12)14-6-13-8/h6,17H,12H2,1-5H3,(H2,13,14,15,16). The number of anilines is 2. The first-order valence-corrected chi connectivity index (χ1v) is 5.59. The molecule has 0 amide bonds. The van der Waals surface area contributed by atoms with E-state index in [9.17, 15) is 5.11 Å². The van der Waals surface area contributed by atoms with Crippen LogP contribution in [0, 0.1) is 0 Å². The molecule has 0 aliphatic heterocycles. The minimum absolute atomic E-state index is 0.376.